The summed E-state index contributed by atoms with van der Waals surface area (Å²) in [7, 11) is 1.82. The summed E-state index contributed by atoms with van der Waals surface area (Å²) in [6.07, 6.45) is 4.34. The largest absolute Gasteiger partial charge is 0.341 e. The number of aromatic nitrogens is 1. The molecule has 1 aromatic carbocycles. The van der Waals surface area contributed by atoms with E-state index < -0.39 is 0 Å². The fourth-order valence-corrected chi connectivity index (χ4v) is 2.06. The first kappa shape index (κ1) is 14.2. The van der Waals surface area contributed by atoms with Gasteiger partial charge in [-0.1, -0.05) is 18.2 Å². The van der Waals surface area contributed by atoms with Gasteiger partial charge < -0.3 is 10.6 Å². The van der Waals surface area contributed by atoms with Crippen molar-refractivity contribution in [3.8, 4) is 0 Å². The highest BCUT2D eigenvalue weighted by atomic mass is 16.2. The Bertz CT molecular complexity index is 569. The molecule has 0 radical (unpaired) electrons. The van der Waals surface area contributed by atoms with Crippen molar-refractivity contribution >= 4 is 5.91 Å². The third-order valence-corrected chi connectivity index (χ3v) is 3.30. The molecule has 4 nitrogen and oxygen atoms in total. The van der Waals surface area contributed by atoms with E-state index in [1.165, 1.54) is 5.56 Å². The normalized spacial score (nSPS) is 10.3. The number of hydrogen-bond donors (Lipinski definition) is 1. The molecule has 0 aliphatic carbocycles. The van der Waals surface area contributed by atoms with Crippen molar-refractivity contribution in [2.24, 2.45) is 5.73 Å². The molecule has 0 bridgehead atoms. The van der Waals surface area contributed by atoms with Crippen molar-refractivity contribution in [3.63, 3.8) is 0 Å². The van der Waals surface area contributed by atoms with Gasteiger partial charge in [0.1, 0.15) is 0 Å². The van der Waals surface area contributed by atoms with Crippen LogP contribution < -0.4 is 5.73 Å². The van der Waals surface area contributed by atoms with Gasteiger partial charge in [0.25, 0.3) is 5.91 Å². The second-order valence-corrected chi connectivity index (χ2v) is 4.69. The van der Waals surface area contributed by atoms with Crippen LogP contribution in [-0.2, 0) is 13.0 Å². The van der Waals surface area contributed by atoms with Gasteiger partial charge in [-0.3, -0.25) is 9.78 Å². The minimum absolute atomic E-state index is 0.0140. The summed E-state index contributed by atoms with van der Waals surface area (Å²) in [5, 5.41) is 0. The van der Waals surface area contributed by atoms with E-state index in [9.17, 15) is 4.79 Å². The Kier molecular flexibility index (Phi) is 4.85. The van der Waals surface area contributed by atoms with Gasteiger partial charge in [-0.15, -0.1) is 0 Å². The molecule has 0 saturated carbocycles. The lowest BCUT2D eigenvalue weighted by molar-refractivity contribution is 0.0795. The maximum atomic E-state index is 12.4. The summed E-state index contributed by atoms with van der Waals surface area (Å²) in [5.41, 5.74) is 8.42. The van der Waals surface area contributed by atoms with Crippen molar-refractivity contribution in [2.75, 3.05) is 13.6 Å². The van der Waals surface area contributed by atoms with Gasteiger partial charge in [-0.2, -0.15) is 0 Å². The Labute approximate surface area is 119 Å². The van der Waals surface area contributed by atoms with Crippen LogP contribution in [0.15, 0.2) is 48.8 Å². The molecule has 20 heavy (non-hydrogen) atoms. The molecule has 0 unspecified atom stereocenters. The number of carbonyl (C=O) groups is 1. The zero-order chi connectivity index (χ0) is 14.4. The second-order valence-electron chi connectivity index (χ2n) is 4.69. The van der Waals surface area contributed by atoms with Gasteiger partial charge in [0, 0.05) is 38.1 Å². The zero-order valence-corrected chi connectivity index (χ0v) is 11.6. The van der Waals surface area contributed by atoms with Crippen LogP contribution in [0.4, 0.5) is 0 Å². The number of rotatable bonds is 5. The van der Waals surface area contributed by atoms with E-state index in [0.29, 0.717) is 18.7 Å². The van der Waals surface area contributed by atoms with Gasteiger partial charge in [0.2, 0.25) is 0 Å². The molecule has 2 aromatic rings. The third kappa shape index (κ3) is 3.42. The molecule has 0 spiro atoms. The summed E-state index contributed by atoms with van der Waals surface area (Å²) in [6.45, 7) is 1.04. The van der Waals surface area contributed by atoms with Crippen molar-refractivity contribution in [1.82, 2.24) is 9.88 Å². The Balaban J connectivity index is 2.02. The lowest BCUT2D eigenvalue weighted by atomic mass is 10.1. The van der Waals surface area contributed by atoms with Gasteiger partial charge in [0.05, 0.1) is 0 Å². The minimum Gasteiger partial charge on any atom is -0.341 e. The topological polar surface area (TPSA) is 59.2 Å². The predicted molar refractivity (Wildman–Crippen MR) is 79.2 cm³/mol. The summed E-state index contributed by atoms with van der Waals surface area (Å²) in [5.74, 6) is 0.0140. The Morgan fingerprint density at radius 2 is 1.90 bits per heavy atom. The summed E-state index contributed by atoms with van der Waals surface area (Å²) < 4.78 is 0. The van der Waals surface area contributed by atoms with Crippen LogP contribution in [0.2, 0.25) is 0 Å². The van der Waals surface area contributed by atoms with Crippen LogP contribution >= 0.6 is 0 Å². The van der Waals surface area contributed by atoms with E-state index in [1.54, 1.807) is 17.3 Å². The molecular formula is C16H19N3O. The van der Waals surface area contributed by atoms with Crippen LogP contribution in [0.5, 0.6) is 0 Å². The SMILES string of the molecule is CN(CCc1ccncc1)C(=O)c1ccccc1CN. The van der Waals surface area contributed by atoms with Crippen LogP contribution in [0, 0.1) is 0 Å². The highest BCUT2D eigenvalue weighted by Crippen LogP contribution is 2.11. The molecule has 2 rings (SSSR count). The molecule has 4 heteroatoms. The number of carbonyl (C=O) groups excluding carboxylic acids is 1. The van der Waals surface area contributed by atoms with Crippen LogP contribution in [0.25, 0.3) is 0 Å². The van der Waals surface area contributed by atoms with E-state index in [1.807, 2.05) is 43.4 Å². The van der Waals surface area contributed by atoms with Crippen LogP contribution in [0.3, 0.4) is 0 Å². The molecule has 0 saturated heterocycles. The fourth-order valence-electron chi connectivity index (χ4n) is 2.06. The molecule has 1 amide bonds. The standard InChI is InChI=1S/C16H19N3O/c1-19(11-8-13-6-9-18-10-7-13)16(20)15-5-3-2-4-14(15)12-17/h2-7,9-10H,8,11-12,17H2,1H3. The first-order chi connectivity index (χ1) is 9.72. The van der Waals surface area contributed by atoms with Crippen molar-refractivity contribution in [1.29, 1.82) is 0 Å². The molecule has 1 aromatic heterocycles. The Hall–Kier alpha value is -2.20. The number of amides is 1. The van der Waals surface area contributed by atoms with Crippen molar-refractivity contribution in [2.45, 2.75) is 13.0 Å². The van der Waals surface area contributed by atoms with E-state index in [2.05, 4.69) is 4.98 Å². The molecular weight excluding hydrogens is 250 g/mol. The summed E-state index contributed by atoms with van der Waals surface area (Å²) >= 11 is 0. The lowest BCUT2D eigenvalue weighted by Crippen LogP contribution is -2.29. The van der Waals surface area contributed by atoms with Crippen molar-refractivity contribution < 1.29 is 4.79 Å². The molecule has 2 N–H and O–H groups in total. The van der Waals surface area contributed by atoms with E-state index in [-0.39, 0.29) is 5.91 Å². The van der Waals surface area contributed by atoms with Crippen LogP contribution in [0.1, 0.15) is 21.5 Å². The maximum Gasteiger partial charge on any atom is 0.253 e. The number of nitrogens with zero attached hydrogens (tertiary/aromatic N) is 2. The average molecular weight is 269 g/mol. The number of nitrogens with two attached hydrogens (primary N) is 1. The smallest absolute Gasteiger partial charge is 0.253 e. The summed E-state index contributed by atoms with van der Waals surface area (Å²) in [6, 6.07) is 11.4. The van der Waals surface area contributed by atoms with Gasteiger partial charge in [-0.25, -0.2) is 0 Å². The number of hydrogen-bond acceptors (Lipinski definition) is 3. The maximum absolute atomic E-state index is 12.4. The van der Waals surface area contributed by atoms with E-state index in [4.69, 9.17) is 5.73 Å². The molecule has 0 aliphatic rings. The second kappa shape index (κ2) is 6.82. The Morgan fingerprint density at radius 3 is 2.60 bits per heavy atom. The quantitative estimate of drug-likeness (QED) is 0.901. The highest BCUT2D eigenvalue weighted by Gasteiger charge is 2.14. The van der Waals surface area contributed by atoms with Gasteiger partial charge >= 0.3 is 0 Å². The van der Waals surface area contributed by atoms with E-state index in [0.717, 1.165) is 12.0 Å². The van der Waals surface area contributed by atoms with Gasteiger partial charge in [-0.05, 0) is 35.7 Å². The number of pyridine rings is 1. The van der Waals surface area contributed by atoms with Gasteiger partial charge in [0.15, 0.2) is 0 Å². The molecule has 1 heterocycles. The zero-order valence-electron chi connectivity index (χ0n) is 11.6. The third-order valence-electron chi connectivity index (χ3n) is 3.30. The highest BCUT2D eigenvalue weighted by molar-refractivity contribution is 5.95. The first-order valence-electron chi connectivity index (χ1n) is 6.64. The Morgan fingerprint density at radius 1 is 1.20 bits per heavy atom. The molecule has 104 valence electrons. The first-order valence-corrected chi connectivity index (χ1v) is 6.64. The predicted octanol–water partition coefficient (Wildman–Crippen LogP) is 1.85. The molecule has 0 atom stereocenters. The van der Waals surface area contributed by atoms with E-state index >= 15 is 0 Å². The van der Waals surface area contributed by atoms with Crippen LogP contribution in [-0.4, -0.2) is 29.4 Å². The number of likely N-dealkylation sites (N-methyl/N-ethyl adjacent to an activating group) is 1. The summed E-state index contributed by atoms with van der Waals surface area (Å²) in [4.78, 5) is 18.1. The molecule has 0 fully saturated rings. The fraction of sp³-hybridized carbons (Fsp3) is 0.250. The van der Waals surface area contributed by atoms with Crippen molar-refractivity contribution in [3.05, 3.63) is 65.5 Å². The lowest BCUT2D eigenvalue weighted by Gasteiger charge is -2.18. The average Bonchev–Trinajstić information content (AvgIpc) is 2.52. The molecule has 0 aliphatic heterocycles. The monoisotopic (exact) mass is 269 g/mol. The number of benzene rings is 1. The minimum atomic E-state index is 0.0140.